The molecule has 0 aromatic rings. The first-order chi connectivity index (χ1) is 3.55. The van der Waals surface area contributed by atoms with Crippen LogP contribution in [0.5, 0.6) is 0 Å². The van der Waals surface area contributed by atoms with Gasteiger partial charge in [0.05, 0.1) is 6.04 Å². The molecule has 0 spiro atoms. The minimum Gasteiger partial charge on any atom is -0.322 e. The summed E-state index contributed by atoms with van der Waals surface area (Å²) in [5, 5.41) is 9.87. The molecule has 0 aromatic carbocycles. The molecule has 48 valence electrons. The summed E-state index contributed by atoms with van der Waals surface area (Å²) in [6, 6.07) is -0.986. The Labute approximate surface area is 47.8 Å². The van der Waals surface area contributed by atoms with Gasteiger partial charge in [0, 0.05) is 11.8 Å². The summed E-state index contributed by atoms with van der Waals surface area (Å²) in [6.07, 6.45) is 0. The van der Waals surface area contributed by atoms with Crippen LogP contribution in [0.25, 0.3) is 0 Å². The van der Waals surface area contributed by atoms with Gasteiger partial charge in [-0.15, -0.1) is 0 Å². The lowest BCUT2D eigenvalue weighted by molar-refractivity contribution is -0.520. The van der Waals surface area contributed by atoms with Crippen LogP contribution < -0.4 is 5.73 Å². The largest absolute Gasteiger partial charge is 0.322 e. The average Bonchev–Trinajstić information content (AvgIpc) is 1.64. The van der Waals surface area contributed by atoms with Crippen molar-refractivity contribution >= 4 is 0 Å². The minimum atomic E-state index is -0.630. The summed E-state index contributed by atoms with van der Waals surface area (Å²) < 4.78 is 0. The fourth-order valence-electron chi connectivity index (χ4n) is 0.192. The van der Waals surface area contributed by atoms with Crippen LogP contribution in [0.4, 0.5) is 0 Å². The van der Waals surface area contributed by atoms with E-state index in [9.17, 15) is 10.1 Å². The van der Waals surface area contributed by atoms with Crippen LogP contribution in [-0.4, -0.2) is 17.0 Å². The maximum atomic E-state index is 9.87. The maximum Gasteiger partial charge on any atom is 0.224 e. The van der Waals surface area contributed by atoms with E-state index in [1.807, 2.05) is 0 Å². The van der Waals surface area contributed by atoms with Gasteiger partial charge in [0.25, 0.3) is 0 Å². The lowest BCUT2D eigenvalue weighted by Crippen LogP contribution is -2.35. The van der Waals surface area contributed by atoms with E-state index >= 15 is 0 Å². The molecule has 0 aliphatic heterocycles. The predicted molar refractivity (Wildman–Crippen MR) is 30.1 cm³/mol. The molecule has 0 aliphatic rings. The number of nitro groups is 1. The van der Waals surface area contributed by atoms with Crippen molar-refractivity contribution in [2.75, 3.05) is 0 Å². The molecular weight excluding hydrogens is 108 g/mol. The predicted octanol–water partition coefficient (Wildman–Crippen LogP) is -0.00120. The van der Waals surface area contributed by atoms with Crippen molar-refractivity contribution in [3.8, 4) is 0 Å². The normalized spacial score (nSPS) is 17.4. The quantitative estimate of drug-likeness (QED) is 0.410. The molecular formula is C4H10N2O2. The van der Waals surface area contributed by atoms with Gasteiger partial charge in [-0.1, -0.05) is 0 Å². The summed E-state index contributed by atoms with van der Waals surface area (Å²) in [7, 11) is 0. The Hall–Kier alpha value is -0.640. The summed E-state index contributed by atoms with van der Waals surface area (Å²) >= 11 is 0. The molecule has 8 heavy (non-hydrogen) atoms. The van der Waals surface area contributed by atoms with Gasteiger partial charge in [-0.3, -0.25) is 10.1 Å². The molecule has 2 unspecified atom stereocenters. The summed E-state index contributed by atoms with van der Waals surface area (Å²) in [6.45, 7) is 3.11. The second kappa shape index (κ2) is 2.61. The van der Waals surface area contributed by atoms with Gasteiger partial charge in [-0.2, -0.15) is 0 Å². The second-order valence-corrected chi connectivity index (χ2v) is 1.89. The van der Waals surface area contributed by atoms with E-state index < -0.39 is 6.04 Å². The number of hydrogen-bond acceptors (Lipinski definition) is 3. The molecule has 4 heteroatoms. The van der Waals surface area contributed by atoms with Gasteiger partial charge in [0.2, 0.25) is 6.04 Å². The molecule has 4 nitrogen and oxygen atoms in total. The highest BCUT2D eigenvalue weighted by Crippen LogP contribution is 1.90. The van der Waals surface area contributed by atoms with Crippen LogP contribution in [-0.2, 0) is 0 Å². The number of nitrogens with two attached hydrogens (primary N) is 1. The molecule has 0 radical (unpaired) electrons. The van der Waals surface area contributed by atoms with E-state index in [4.69, 9.17) is 5.73 Å². The Morgan fingerprint density at radius 1 is 1.62 bits per heavy atom. The molecule has 0 saturated carbocycles. The third-order valence-electron chi connectivity index (χ3n) is 1.09. The molecule has 0 aromatic heterocycles. The van der Waals surface area contributed by atoms with Crippen LogP contribution in [0.3, 0.4) is 0 Å². The van der Waals surface area contributed by atoms with Crippen molar-refractivity contribution in [3.63, 3.8) is 0 Å². The summed E-state index contributed by atoms with van der Waals surface area (Å²) in [5.41, 5.74) is 5.20. The minimum absolute atomic E-state index is 0.356. The number of hydrogen-bond donors (Lipinski definition) is 1. The van der Waals surface area contributed by atoms with E-state index in [0.29, 0.717) is 0 Å². The van der Waals surface area contributed by atoms with Crippen LogP contribution in [0.1, 0.15) is 13.8 Å². The van der Waals surface area contributed by atoms with Crippen LogP contribution in [0.15, 0.2) is 0 Å². The Bertz CT molecular complexity index is 92.0. The standard InChI is InChI=1S/C4H10N2O2/c1-3(5)4(2)6(7)8/h3-4H,5H2,1-2H3. The van der Waals surface area contributed by atoms with Crippen LogP contribution in [0.2, 0.25) is 0 Å². The molecule has 2 atom stereocenters. The van der Waals surface area contributed by atoms with Gasteiger partial charge < -0.3 is 5.73 Å². The Balaban J connectivity index is 3.64. The molecule has 2 N–H and O–H groups in total. The molecule has 0 amide bonds. The topological polar surface area (TPSA) is 69.2 Å². The fourth-order valence-corrected chi connectivity index (χ4v) is 0.192. The van der Waals surface area contributed by atoms with Crippen LogP contribution in [0, 0.1) is 10.1 Å². The average molecular weight is 118 g/mol. The van der Waals surface area contributed by atoms with Crippen molar-refractivity contribution in [2.45, 2.75) is 25.9 Å². The Morgan fingerprint density at radius 2 is 2.00 bits per heavy atom. The second-order valence-electron chi connectivity index (χ2n) is 1.89. The highest BCUT2D eigenvalue weighted by atomic mass is 16.6. The van der Waals surface area contributed by atoms with Crippen molar-refractivity contribution in [3.05, 3.63) is 10.1 Å². The maximum absolute atomic E-state index is 9.87. The third kappa shape index (κ3) is 1.88. The summed E-state index contributed by atoms with van der Waals surface area (Å²) in [5.74, 6) is 0. The zero-order valence-corrected chi connectivity index (χ0v) is 5.00. The van der Waals surface area contributed by atoms with Crippen molar-refractivity contribution < 1.29 is 4.92 Å². The monoisotopic (exact) mass is 118 g/mol. The lowest BCUT2D eigenvalue weighted by Gasteiger charge is -2.04. The molecule has 0 heterocycles. The zero-order chi connectivity index (χ0) is 6.73. The fraction of sp³-hybridized carbons (Fsp3) is 1.00. The SMILES string of the molecule is CC(N)C(C)[N+](=O)[O-]. The molecule has 0 saturated heterocycles. The molecule has 0 fully saturated rings. The number of rotatable bonds is 2. The first kappa shape index (κ1) is 7.36. The van der Waals surface area contributed by atoms with E-state index in [1.165, 1.54) is 6.92 Å². The Morgan fingerprint density at radius 3 is 2.00 bits per heavy atom. The molecule has 0 aliphatic carbocycles. The molecule has 0 rings (SSSR count). The van der Waals surface area contributed by atoms with Crippen molar-refractivity contribution in [1.82, 2.24) is 0 Å². The van der Waals surface area contributed by atoms with Crippen LogP contribution >= 0.6 is 0 Å². The number of nitrogens with zero attached hydrogens (tertiary/aromatic N) is 1. The van der Waals surface area contributed by atoms with Gasteiger partial charge in [0.1, 0.15) is 0 Å². The van der Waals surface area contributed by atoms with Gasteiger partial charge in [0.15, 0.2) is 0 Å². The van der Waals surface area contributed by atoms with E-state index in [1.54, 1.807) is 6.92 Å². The Kier molecular flexibility index (Phi) is 2.41. The van der Waals surface area contributed by atoms with Crippen molar-refractivity contribution in [1.29, 1.82) is 0 Å². The van der Waals surface area contributed by atoms with Gasteiger partial charge in [-0.25, -0.2) is 0 Å². The third-order valence-corrected chi connectivity index (χ3v) is 1.09. The van der Waals surface area contributed by atoms with Crippen molar-refractivity contribution in [2.24, 2.45) is 5.73 Å². The lowest BCUT2D eigenvalue weighted by atomic mass is 10.2. The zero-order valence-electron chi connectivity index (χ0n) is 5.00. The highest BCUT2D eigenvalue weighted by molar-refractivity contribution is 4.59. The highest BCUT2D eigenvalue weighted by Gasteiger charge is 2.16. The first-order valence-electron chi connectivity index (χ1n) is 2.44. The summed E-state index contributed by atoms with van der Waals surface area (Å²) in [4.78, 5) is 9.48. The van der Waals surface area contributed by atoms with E-state index in [0.717, 1.165) is 0 Å². The van der Waals surface area contributed by atoms with E-state index in [2.05, 4.69) is 0 Å². The molecule has 0 bridgehead atoms. The van der Waals surface area contributed by atoms with Gasteiger partial charge >= 0.3 is 0 Å². The first-order valence-corrected chi connectivity index (χ1v) is 2.44. The van der Waals surface area contributed by atoms with E-state index in [-0.39, 0.29) is 11.0 Å². The van der Waals surface area contributed by atoms with Gasteiger partial charge in [-0.05, 0) is 6.92 Å². The smallest absolute Gasteiger partial charge is 0.224 e.